The van der Waals surface area contributed by atoms with Crippen molar-refractivity contribution >= 4 is 33.7 Å². The van der Waals surface area contributed by atoms with Gasteiger partial charge in [-0.05, 0) is 341 Å². The van der Waals surface area contributed by atoms with E-state index in [-0.39, 0.29) is 42.2 Å². The number of ether oxygens (including phenoxy) is 6. The SMILES string of the molecule is CCOC(=O)N1C2CCC(N3CCC(c4cc(-c5ccc(C(=O)NC)cc5)ccc4OC)CC3)CC1CC2.CCOC(=O)N1CCC(CN2CCC(c3ccccc3OC(F)(F)F)CC2)CC1.COc1ccc(-c2ccc(S(C)(=O)=O)cc2)cc1C1CCN(C2CCCCC2)CC1.O=C(COc1ccccc1C1CCN([C@H]2CC3CCC2C3)CC1)c1ccccc1. The normalized spacial score (nSPS) is 22.8. The number of carbonyl (C=O) groups is 4. The van der Waals surface area contributed by atoms with Crippen LogP contribution in [-0.2, 0) is 19.3 Å². The van der Waals surface area contributed by atoms with Gasteiger partial charge in [0, 0.05) is 74.3 Å². The molecule has 4 bridgehead atoms. The Hall–Kier alpha value is -9.00. The zero-order valence-corrected chi connectivity index (χ0v) is 75.8. The van der Waals surface area contributed by atoms with E-state index in [1.54, 1.807) is 56.5 Å². The van der Waals surface area contributed by atoms with Crippen LogP contribution in [0.15, 0.2) is 169 Å². The molecular formula is C103H134F3N7O12S. The van der Waals surface area contributed by atoms with Crippen LogP contribution in [0.2, 0.25) is 0 Å². The van der Waals surface area contributed by atoms with Crippen LogP contribution >= 0.6 is 0 Å². The number of nitrogens with one attached hydrogen (secondary N) is 1. The molecule has 17 rings (SSSR count). The number of benzene rings is 7. The molecule has 7 aromatic carbocycles. The lowest BCUT2D eigenvalue weighted by Gasteiger charge is -2.40. The second kappa shape index (κ2) is 44.3. The van der Waals surface area contributed by atoms with Crippen LogP contribution in [0.3, 0.4) is 0 Å². The Morgan fingerprint density at radius 3 is 1.47 bits per heavy atom. The molecule has 7 heterocycles. The number of fused-ring (bicyclic) bond motifs is 4. The van der Waals surface area contributed by atoms with E-state index in [9.17, 15) is 40.8 Å². The summed E-state index contributed by atoms with van der Waals surface area (Å²) in [6, 6.07) is 54.8. The molecule has 10 aliphatic rings. The summed E-state index contributed by atoms with van der Waals surface area (Å²) in [5.74, 6) is 6.77. The predicted octanol–water partition coefficient (Wildman–Crippen LogP) is 20.7. The van der Waals surface area contributed by atoms with Crippen molar-refractivity contribution < 1.29 is 69.2 Å². The molecule has 19 nitrogen and oxygen atoms in total. The Bertz CT molecular complexity index is 4780. The number of sulfone groups is 1. The number of methoxy groups -OCH3 is 2. The summed E-state index contributed by atoms with van der Waals surface area (Å²) < 4.78 is 93.7. The quantitative estimate of drug-likeness (QED) is 0.0630. The van der Waals surface area contributed by atoms with Gasteiger partial charge in [0.25, 0.3) is 5.91 Å². The van der Waals surface area contributed by atoms with E-state index in [4.69, 9.17) is 23.7 Å². The number of carbonyl (C=O) groups excluding carboxylic acids is 4. The number of piperidine rings is 5. The highest BCUT2D eigenvalue weighted by Crippen LogP contribution is 2.49. The van der Waals surface area contributed by atoms with E-state index in [1.807, 2.05) is 92.7 Å². The molecule has 23 heteroatoms. The van der Waals surface area contributed by atoms with Crippen molar-refractivity contribution in [1.82, 2.24) is 34.7 Å². The van der Waals surface area contributed by atoms with Gasteiger partial charge in [-0.2, -0.15) is 0 Å². The molecule has 7 saturated heterocycles. The third-order valence-electron chi connectivity index (χ3n) is 29.1. The number of alkyl halides is 3. The zero-order valence-electron chi connectivity index (χ0n) is 75.0. The Labute approximate surface area is 746 Å². The van der Waals surface area contributed by atoms with E-state index >= 15 is 0 Å². The molecule has 7 aliphatic heterocycles. The summed E-state index contributed by atoms with van der Waals surface area (Å²) >= 11 is 0. The largest absolute Gasteiger partial charge is 0.573 e. The van der Waals surface area contributed by atoms with Crippen molar-refractivity contribution in [1.29, 1.82) is 0 Å². The number of nitrogens with zero attached hydrogens (tertiary/aromatic N) is 6. The summed E-state index contributed by atoms with van der Waals surface area (Å²) in [6.07, 6.45) is 25.0. The average Bonchev–Trinajstić information content (AvgIpc) is 1.14. The van der Waals surface area contributed by atoms with E-state index in [1.165, 1.54) is 139 Å². The van der Waals surface area contributed by atoms with Crippen molar-refractivity contribution in [2.45, 2.75) is 233 Å². The Morgan fingerprint density at radius 2 is 0.937 bits per heavy atom. The molecular weight excluding hydrogens is 1620 g/mol. The first kappa shape index (κ1) is 93.2. The van der Waals surface area contributed by atoms with Crippen molar-refractivity contribution in [3.05, 3.63) is 197 Å². The molecule has 3 amide bonds. The van der Waals surface area contributed by atoms with Crippen LogP contribution in [0.1, 0.15) is 235 Å². The lowest BCUT2D eigenvalue weighted by Crippen LogP contribution is -2.44. The maximum absolute atomic E-state index is 12.7. The minimum absolute atomic E-state index is 0.0338. The molecule has 3 aliphatic carbocycles. The van der Waals surface area contributed by atoms with E-state index in [2.05, 4.69) is 83.1 Å². The fourth-order valence-electron chi connectivity index (χ4n) is 22.4. The molecule has 10 fully saturated rings. The van der Waals surface area contributed by atoms with Crippen LogP contribution in [0.4, 0.5) is 22.8 Å². The predicted molar refractivity (Wildman–Crippen MR) is 489 cm³/mol. The number of hydrogen-bond donors (Lipinski definition) is 1. The van der Waals surface area contributed by atoms with Gasteiger partial charge in [-0.3, -0.25) is 9.59 Å². The number of rotatable bonds is 22. The molecule has 0 radical (unpaired) electrons. The van der Waals surface area contributed by atoms with Gasteiger partial charge in [-0.25, -0.2) is 18.0 Å². The molecule has 0 aromatic heterocycles. The molecule has 0 spiro atoms. The summed E-state index contributed by atoms with van der Waals surface area (Å²) in [7, 11) is 1.97. The van der Waals surface area contributed by atoms with Crippen molar-refractivity contribution in [3.63, 3.8) is 0 Å². The number of amides is 3. The molecule has 680 valence electrons. The average molecular weight is 1750 g/mol. The fraction of sp³-hybridized carbons (Fsp3) is 0.553. The van der Waals surface area contributed by atoms with Gasteiger partial charge >= 0.3 is 18.5 Å². The molecule has 1 N–H and O–H groups in total. The van der Waals surface area contributed by atoms with Crippen LogP contribution in [0, 0.1) is 17.8 Å². The van der Waals surface area contributed by atoms with Gasteiger partial charge in [0.15, 0.2) is 22.2 Å². The molecule has 3 saturated carbocycles. The van der Waals surface area contributed by atoms with Crippen molar-refractivity contribution in [2.24, 2.45) is 17.8 Å². The highest BCUT2D eigenvalue weighted by molar-refractivity contribution is 7.90. The van der Waals surface area contributed by atoms with Gasteiger partial charge in [0.05, 0.1) is 32.3 Å². The van der Waals surface area contributed by atoms with Crippen LogP contribution in [0.25, 0.3) is 22.3 Å². The second-order valence-electron chi connectivity index (χ2n) is 36.7. The fourth-order valence-corrected chi connectivity index (χ4v) is 23.0. The van der Waals surface area contributed by atoms with E-state index < -0.39 is 16.2 Å². The third-order valence-corrected chi connectivity index (χ3v) is 30.3. The number of Topliss-reactive ketones (excluding diaryl/α,β-unsaturated/α-hetero) is 1. The second-order valence-corrected chi connectivity index (χ2v) is 38.7. The number of halogens is 3. The summed E-state index contributed by atoms with van der Waals surface area (Å²) in [5.41, 5.74) is 10.2. The smallest absolute Gasteiger partial charge is 0.496 e. The monoisotopic (exact) mass is 1750 g/mol. The van der Waals surface area contributed by atoms with Crippen LogP contribution < -0.4 is 24.3 Å². The van der Waals surface area contributed by atoms with E-state index in [0.717, 1.165) is 180 Å². The van der Waals surface area contributed by atoms with Gasteiger partial charge in [0.1, 0.15) is 23.0 Å². The molecule has 7 aromatic rings. The third kappa shape index (κ3) is 24.3. The first-order chi connectivity index (χ1) is 61.1. The number of likely N-dealkylation sites (tertiary alicyclic amines) is 5. The zero-order chi connectivity index (χ0) is 88.3. The van der Waals surface area contributed by atoms with Crippen molar-refractivity contribution in [3.8, 4) is 45.3 Å². The molecule has 126 heavy (non-hydrogen) atoms. The Balaban J connectivity index is 0.000000137. The van der Waals surface area contributed by atoms with Crippen LogP contribution in [-0.4, -0.2) is 218 Å². The lowest BCUT2D eigenvalue weighted by molar-refractivity contribution is -0.275. The maximum Gasteiger partial charge on any atom is 0.573 e. The first-order valence-electron chi connectivity index (χ1n) is 47.1. The summed E-state index contributed by atoms with van der Waals surface area (Å²) in [4.78, 5) is 63.5. The van der Waals surface area contributed by atoms with Crippen LogP contribution in [0.5, 0.6) is 23.0 Å². The molecule has 6 atom stereocenters. The van der Waals surface area contributed by atoms with Gasteiger partial charge in [-0.15, -0.1) is 13.2 Å². The topological polar surface area (TPSA) is 189 Å². The van der Waals surface area contributed by atoms with Gasteiger partial charge < -0.3 is 63.1 Å². The first-order valence-corrected chi connectivity index (χ1v) is 48.9. The van der Waals surface area contributed by atoms with Crippen molar-refractivity contribution in [2.75, 3.05) is 119 Å². The van der Waals surface area contributed by atoms with E-state index in [0.29, 0.717) is 76.6 Å². The highest BCUT2D eigenvalue weighted by Gasteiger charge is 2.46. The minimum atomic E-state index is -4.67. The minimum Gasteiger partial charge on any atom is -0.496 e. The summed E-state index contributed by atoms with van der Waals surface area (Å²) in [5, 5.41) is 2.68. The highest BCUT2D eigenvalue weighted by atomic mass is 32.2. The Kier molecular flexibility index (Phi) is 32.8. The maximum atomic E-state index is 12.7. The summed E-state index contributed by atoms with van der Waals surface area (Å²) in [6.45, 7) is 15.7. The van der Waals surface area contributed by atoms with Gasteiger partial charge in [0.2, 0.25) is 0 Å². The number of para-hydroxylation sites is 2. The Morgan fingerprint density at radius 1 is 0.444 bits per heavy atom. The number of ketones is 1. The van der Waals surface area contributed by atoms with Gasteiger partial charge in [-0.1, -0.05) is 129 Å². The number of hydrogen-bond acceptors (Lipinski definition) is 16. The standard InChI is InChI=1S/C31H41N3O4.C26H31NO2.C25H33NO3S.C21H29F3N2O3/c1-4-38-31(36)34-25-10-12-26(20-27(34)13-11-25)33-17-15-22(16-18-33)28-19-24(9-14-29(28)37-3)21-5-7-23(8-6-21)30(35)32-2;28-25(21-6-2-1-3-7-21)18-29-26-9-5-4-8-23(26)20-12-14-27(15-13-20)24-17-19-10-11-22(24)16-19;1-29-25-13-10-21(19-8-11-23(12-9-19)30(2,27)28)18-24(25)20-14-16-26(17-15-20)22-6-4-3-5-7-22;1-2-28-20(27)26-13-7-16(8-14-26)15-25-11-9-17(10-12-25)18-5-3-4-6-19(18)29-21(22,23)24/h5-9,14,19,22,25-27H,4,10-13,15-18,20H2,1-3H3,(H,32,35);1-9,19-20,22,24H,10-18H2;8-13,18,20,22H,3-7,14-17H2,1-2H3;3-6,16-17H,2,7-15H2,1H3/t;19?,22?,24-;;/m.0../s1. The lowest BCUT2D eigenvalue weighted by atomic mass is 9.85. The molecule has 5 unspecified atom stereocenters.